The highest BCUT2D eigenvalue weighted by molar-refractivity contribution is 5.85. The molecule has 3 N–H and O–H groups in total. The van der Waals surface area contributed by atoms with Gasteiger partial charge in [0.05, 0.1) is 12.1 Å². The van der Waals surface area contributed by atoms with Crippen LogP contribution in [0.4, 0.5) is 0 Å². The summed E-state index contributed by atoms with van der Waals surface area (Å²) in [5.74, 6) is 0.436. The van der Waals surface area contributed by atoms with Crippen molar-refractivity contribution in [3.63, 3.8) is 0 Å². The van der Waals surface area contributed by atoms with E-state index in [1.54, 1.807) is 0 Å². The van der Waals surface area contributed by atoms with Crippen molar-refractivity contribution in [2.75, 3.05) is 0 Å². The van der Waals surface area contributed by atoms with Crippen LogP contribution in [0.1, 0.15) is 30.0 Å². The molecule has 0 saturated heterocycles. The zero-order valence-corrected chi connectivity index (χ0v) is 9.70. The molecule has 0 aliphatic heterocycles. The van der Waals surface area contributed by atoms with Gasteiger partial charge < -0.3 is 10.8 Å². The van der Waals surface area contributed by atoms with Crippen LogP contribution in [0.15, 0.2) is 24.3 Å². The normalized spacial score (nSPS) is 19.1. The standard InChI is InChI=1S/C12H17NO.ClH/c1-8-3-2-4-10(7-8)11(13)12(14)9-5-6-9;/h2-4,7,9,11-12,14H,5-6,13H2,1H3;1H/t11-,12+;/m1./s1. The quantitative estimate of drug-likeness (QED) is 0.832. The van der Waals surface area contributed by atoms with E-state index in [-0.39, 0.29) is 24.6 Å². The summed E-state index contributed by atoms with van der Waals surface area (Å²) in [7, 11) is 0. The second-order valence-corrected chi connectivity index (χ2v) is 4.27. The zero-order chi connectivity index (χ0) is 10.1. The fraction of sp³-hybridized carbons (Fsp3) is 0.500. The summed E-state index contributed by atoms with van der Waals surface area (Å²) in [6.07, 6.45) is 1.89. The maximum atomic E-state index is 9.88. The Morgan fingerprint density at radius 2 is 2.07 bits per heavy atom. The molecule has 0 radical (unpaired) electrons. The number of halogens is 1. The third-order valence-corrected chi connectivity index (χ3v) is 2.90. The Morgan fingerprint density at radius 3 is 2.60 bits per heavy atom. The Balaban J connectivity index is 0.00000112. The monoisotopic (exact) mass is 227 g/mol. The van der Waals surface area contributed by atoms with Crippen molar-refractivity contribution in [3.8, 4) is 0 Å². The molecule has 1 saturated carbocycles. The molecule has 2 nitrogen and oxygen atoms in total. The van der Waals surface area contributed by atoms with Crippen molar-refractivity contribution < 1.29 is 5.11 Å². The summed E-state index contributed by atoms with van der Waals surface area (Å²) < 4.78 is 0. The van der Waals surface area contributed by atoms with Gasteiger partial charge in [-0.25, -0.2) is 0 Å². The Labute approximate surface area is 96.9 Å². The van der Waals surface area contributed by atoms with Crippen molar-refractivity contribution >= 4 is 12.4 Å². The van der Waals surface area contributed by atoms with Gasteiger partial charge in [0.1, 0.15) is 0 Å². The van der Waals surface area contributed by atoms with E-state index < -0.39 is 0 Å². The predicted molar refractivity (Wildman–Crippen MR) is 64.1 cm³/mol. The summed E-state index contributed by atoms with van der Waals surface area (Å²) in [6.45, 7) is 2.04. The lowest BCUT2D eigenvalue weighted by Gasteiger charge is -2.19. The van der Waals surface area contributed by atoms with Gasteiger partial charge in [0.15, 0.2) is 0 Å². The van der Waals surface area contributed by atoms with Crippen molar-refractivity contribution in [1.82, 2.24) is 0 Å². The van der Waals surface area contributed by atoms with Crippen LogP contribution in [-0.4, -0.2) is 11.2 Å². The van der Waals surface area contributed by atoms with Crippen molar-refractivity contribution in [2.24, 2.45) is 11.7 Å². The molecule has 0 aromatic heterocycles. The number of benzene rings is 1. The highest BCUT2D eigenvalue weighted by Crippen LogP contribution is 2.37. The third kappa shape index (κ3) is 2.94. The predicted octanol–water partition coefficient (Wildman–Crippen LogP) is 2.19. The second-order valence-electron chi connectivity index (χ2n) is 4.27. The largest absolute Gasteiger partial charge is 0.391 e. The summed E-state index contributed by atoms with van der Waals surface area (Å²) in [5.41, 5.74) is 8.24. The summed E-state index contributed by atoms with van der Waals surface area (Å²) >= 11 is 0. The maximum Gasteiger partial charge on any atom is 0.0760 e. The number of aliphatic hydroxyl groups excluding tert-OH is 1. The van der Waals surface area contributed by atoms with Crippen molar-refractivity contribution in [3.05, 3.63) is 35.4 Å². The van der Waals surface area contributed by atoms with Crippen LogP contribution in [0.5, 0.6) is 0 Å². The number of hydrogen-bond donors (Lipinski definition) is 2. The molecule has 3 heteroatoms. The molecule has 0 spiro atoms. The van der Waals surface area contributed by atoms with E-state index in [0.717, 1.165) is 18.4 Å². The van der Waals surface area contributed by atoms with Gasteiger partial charge in [0.2, 0.25) is 0 Å². The van der Waals surface area contributed by atoms with Crippen LogP contribution in [-0.2, 0) is 0 Å². The molecule has 0 bridgehead atoms. The summed E-state index contributed by atoms with van der Waals surface area (Å²) in [5, 5.41) is 9.88. The molecular formula is C12H18ClNO. The number of rotatable bonds is 3. The maximum absolute atomic E-state index is 9.88. The summed E-state index contributed by atoms with van der Waals surface area (Å²) in [6, 6.07) is 7.85. The number of hydrogen-bond acceptors (Lipinski definition) is 2. The second kappa shape index (κ2) is 4.97. The van der Waals surface area contributed by atoms with E-state index in [1.807, 2.05) is 25.1 Å². The molecule has 0 unspecified atom stereocenters. The summed E-state index contributed by atoms with van der Waals surface area (Å²) in [4.78, 5) is 0. The van der Waals surface area contributed by atoms with Gasteiger partial charge in [0, 0.05) is 0 Å². The molecule has 84 valence electrons. The Kier molecular flexibility index (Phi) is 4.14. The van der Waals surface area contributed by atoms with Gasteiger partial charge in [-0.1, -0.05) is 29.8 Å². The van der Waals surface area contributed by atoms with Gasteiger partial charge in [0.25, 0.3) is 0 Å². The SMILES string of the molecule is Cc1cccc([C@@H](N)[C@@H](O)C2CC2)c1.Cl. The van der Waals surface area contributed by atoms with E-state index in [4.69, 9.17) is 5.73 Å². The molecule has 1 aliphatic carbocycles. The van der Waals surface area contributed by atoms with Crippen molar-refractivity contribution in [1.29, 1.82) is 0 Å². The van der Waals surface area contributed by atoms with Gasteiger partial charge in [-0.15, -0.1) is 12.4 Å². The van der Waals surface area contributed by atoms with Crippen LogP contribution in [0.3, 0.4) is 0 Å². The average molecular weight is 228 g/mol. The van der Waals surface area contributed by atoms with E-state index in [1.165, 1.54) is 5.56 Å². The fourth-order valence-corrected chi connectivity index (χ4v) is 1.81. The topological polar surface area (TPSA) is 46.2 Å². The molecule has 0 amide bonds. The highest BCUT2D eigenvalue weighted by atomic mass is 35.5. The van der Waals surface area contributed by atoms with Crippen LogP contribution in [0.2, 0.25) is 0 Å². The lowest BCUT2D eigenvalue weighted by atomic mass is 9.98. The van der Waals surface area contributed by atoms with Gasteiger partial charge in [-0.3, -0.25) is 0 Å². The van der Waals surface area contributed by atoms with Crippen molar-refractivity contribution in [2.45, 2.75) is 31.9 Å². The van der Waals surface area contributed by atoms with Crippen LogP contribution < -0.4 is 5.73 Å². The number of nitrogens with two attached hydrogens (primary N) is 1. The van der Waals surface area contributed by atoms with Gasteiger partial charge >= 0.3 is 0 Å². The first-order valence-electron chi connectivity index (χ1n) is 5.18. The van der Waals surface area contributed by atoms with Crippen LogP contribution in [0.25, 0.3) is 0 Å². The third-order valence-electron chi connectivity index (χ3n) is 2.90. The van der Waals surface area contributed by atoms with Gasteiger partial charge in [-0.2, -0.15) is 0 Å². The molecule has 0 heterocycles. The molecular weight excluding hydrogens is 210 g/mol. The lowest BCUT2D eigenvalue weighted by Crippen LogP contribution is -2.27. The first kappa shape index (κ1) is 12.5. The first-order valence-corrected chi connectivity index (χ1v) is 5.18. The molecule has 1 fully saturated rings. The molecule has 2 atom stereocenters. The Morgan fingerprint density at radius 1 is 1.40 bits per heavy atom. The average Bonchev–Trinajstić information content (AvgIpc) is 2.99. The minimum Gasteiger partial charge on any atom is -0.391 e. The lowest BCUT2D eigenvalue weighted by molar-refractivity contribution is 0.122. The zero-order valence-electron chi connectivity index (χ0n) is 8.89. The van der Waals surface area contributed by atoms with E-state index in [2.05, 4.69) is 6.07 Å². The Bertz CT molecular complexity index is 325. The molecule has 2 rings (SSSR count). The van der Waals surface area contributed by atoms with Crippen LogP contribution >= 0.6 is 12.4 Å². The molecule has 15 heavy (non-hydrogen) atoms. The molecule has 1 aromatic carbocycles. The fourth-order valence-electron chi connectivity index (χ4n) is 1.81. The molecule has 1 aromatic rings. The number of aryl methyl sites for hydroxylation is 1. The van der Waals surface area contributed by atoms with Crippen LogP contribution in [0, 0.1) is 12.8 Å². The van der Waals surface area contributed by atoms with E-state index >= 15 is 0 Å². The smallest absolute Gasteiger partial charge is 0.0760 e. The highest BCUT2D eigenvalue weighted by Gasteiger charge is 2.34. The number of aliphatic hydroxyl groups is 1. The first-order chi connectivity index (χ1) is 6.68. The minimum atomic E-state index is -0.364. The molecule has 1 aliphatic rings. The van der Waals surface area contributed by atoms with E-state index in [9.17, 15) is 5.11 Å². The Hall–Kier alpha value is -0.570. The van der Waals surface area contributed by atoms with E-state index in [0.29, 0.717) is 5.92 Å². The van der Waals surface area contributed by atoms with Gasteiger partial charge in [-0.05, 0) is 31.2 Å². The minimum absolute atomic E-state index is 0.